The van der Waals surface area contributed by atoms with Crippen LogP contribution in [0.1, 0.15) is 41.7 Å². The minimum absolute atomic E-state index is 0.140. The molecule has 2 aliphatic heterocycles. The number of hydrogen-bond acceptors (Lipinski definition) is 4. The van der Waals surface area contributed by atoms with Crippen LogP contribution < -0.4 is 5.32 Å². The largest absolute Gasteiger partial charge is 0.381 e. The molecule has 2 aromatic rings. The second-order valence-electron chi connectivity index (χ2n) is 8.37. The summed E-state index contributed by atoms with van der Waals surface area (Å²) in [6, 6.07) is 7.83. The molecular weight excluding hydrogens is 421 g/mol. The van der Waals surface area contributed by atoms with Gasteiger partial charge in [-0.25, -0.2) is 12.8 Å². The zero-order valence-corrected chi connectivity index (χ0v) is 18.5. The molecule has 2 saturated heterocycles. The summed E-state index contributed by atoms with van der Waals surface area (Å²) in [5, 5.41) is 2.98. The van der Waals surface area contributed by atoms with Gasteiger partial charge in [0.25, 0.3) is 5.91 Å². The monoisotopic (exact) mass is 449 g/mol. The number of amides is 1. The van der Waals surface area contributed by atoms with Crippen molar-refractivity contribution >= 4 is 15.9 Å². The zero-order chi connectivity index (χ0) is 22.1. The van der Waals surface area contributed by atoms with Crippen LogP contribution in [-0.2, 0) is 27.2 Å². The van der Waals surface area contributed by atoms with Gasteiger partial charge in [-0.2, -0.15) is 4.31 Å². The van der Waals surface area contributed by atoms with Gasteiger partial charge in [-0.3, -0.25) is 4.79 Å². The minimum Gasteiger partial charge on any atom is -0.381 e. The van der Waals surface area contributed by atoms with Crippen molar-refractivity contribution in [2.24, 2.45) is 7.05 Å². The number of nitrogens with one attached hydrogen (secondary N) is 1. The van der Waals surface area contributed by atoms with Crippen molar-refractivity contribution in [1.82, 2.24) is 14.2 Å². The molecule has 0 aliphatic carbocycles. The molecule has 168 valence electrons. The number of sulfonamides is 1. The van der Waals surface area contributed by atoms with E-state index >= 15 is 0 Å². The second kappa shape index (κ2) is 8.72. The van der Waals surface area contributed by atoms with Crippen molar-refractivity contribution in [3.63, 3.8) is 0 Å². The van der Waals surface area contributed by atoms with Gasteiger partial charge in [0.15, 0.2) is 0 Å². The maximum absolute atomic E-state index is 13.4. The number of halogens is 1. The Labute approximate surface area is 182 Å². The van der Waals surface area contributed by atoms with Gasteiger partial charge < -0.3 is 14.6 Å². The number of carbonyl (C=O) groups is 1. The van der Waals surface area contributed by atoms with Crippen LogP contribution in [0.3, 0.4) is 0 Å². The number of hydrogen-bond donors (Lipinski definition) is 1. The van der Waals surface area contributed by atoms with Crippen LogP contribution in [0.4, 0.5) is 4.39 Å². The number of benzene rings is 1. The van der Waals surface area contributed by atoms with E-state index in [4.69, 9.17) is 4.74 Å². The Balaban J connectivity index is 1.52. The van der Waals surface area contributed by atoms with E-state index in [0.29, 0.717) is 51.4 Å². The van der Waals surface area contributed by atoms with Crippen LogP contribution >= 0.6 is 0 Å². The van der Waals surface area contributed by atoms with Gasteiger partial charge in [0.2, 0.25) is 10.0 Å². The maximum Gasteiger partial charge on any atom is 0.267 e. The molecule has 0 atom stereocenters. The Kier molecular flexibility index (Phi) is 6.18. The molecular formula is C22H28FN3O4S. The third kappa shape index (κ3) is 4.40. The molecule has 1 aromatic carbocycles. The highest BCUT2D eigenvalue weighted by Gasteiger charge is 2.35. The van der Waals surface area contributed by atoms with Crippen molar-refractivity contribution < 1.29 is 22.3 Å². The third-order valence-electron chi connectivity index (χ3n) is 6.41. The fraction of sp³-hybridized carbons (Fsp3) is 0.500. The summed E-state index contributed by atoms with van der Waals surface area (Å²) in [5.74, 6) is -0.635. The first-order valence-corrected chi connectivity index (χ1v) is 12.0. The molecule has 2 fully saturated rings. The second-order valence-corrected chi connectivity index (χ2v) is 10.3. The topological polar surface area (TPSA) is 80.6 Å². The molecule has 1 N–H and O–H groups in total. The van der Waals surface area contributed by atoms with E-state index in [-0.39, 0.29) is 22.0 Å². The Hall–Kier alpha value is -2.23. The summed E-state index contributed by atoms with van der Waals surface area (Å²) in [6.45, 7) is 2.52. The van der Waals surface area contributed by atoms with Gasteiger partial charge in [-0.1, -0.05) is 12.1 Å². The van der Waals surface area contributed by atoms with Crippen molar-refractivity contribution in [2.45, 2.75) is 36.0 Å². The van der Waals surface area contributed by atoms with E-state index in [1.807, 2.05) is 0 Å². The van der Waals surface area contributed by atoms with Crippen molar-refractivity contribution in [1.29, 1.82) is 0 Å². The van der Waals surface area contributed by atoms with Crippen LogP contribution in [0.5, 0.6) is 0 Å². The normalized spacial score (nSPS) is 19.4. The molecule has 0 unspecified atom stereocenters. The molecule has 3 heterocycles. The average Bonchev–Trinajstić information content (AvgIpc) is 3.44. The first-order chi connectivity index (χ1) is 14.8. The predicted molar refractivity (Wildman–Crippen MR) is 114 cm³/mol. The van der Waals surface area contributed by atoms with Gasteiger partial charge in [0.1, 0.15) is 16.4 Å². The van der Waals surface area contributed by atoms with Crippen LogP contribution in [0.2, 0.25) is 0 Å². The molecule has 1 aromatic heterocycles. The molecule has 31 heavy (non-hydrogen) atoms. The highest BCUT2D eigenvalue weighted by atomic mass is 32.2. The predicted octanol–water partition coefficient (Wildman–Crippen LogP) is 2.43. The molecule has 9 heteroatoms. The van der Waals surface area contributed by atoms with Gasteiger partial charge >= 0.3 is 0 Å². The summed E-state index contributed by atoms with van der Waals surface area (Å²) in [5.41, 5.74) is 0.901. The molecule has 4 rings (SSSR count). The summed E-state index contributed by atoms with van der Waals surface area (Å²) in [6.07, 6.45) is 4.62. The standard InChI is InChI=1S/C22H28FN3O4S/c1-25-15-19(31(28,29)26-10-2-3-11-26)14-20(25)21(27)24-16-22(8-12-30-13-9-22)17-4-6-18(23)7-5-17/h4-7,14-15H,2-3,8-13,16H2,1H3,(H,24,27). The van der Waals surface area contributed by atoms with E-state index in [1.165, 1.54) is 28.7 Å². The van der Waals surface area contributed by atoms with Crippen LogP contribution in [0.25, 0.3) is 0 Å². The summed E-state index contributed by atoms with van der Waals surface area (Å²) >= 11 is 0. The molecule has 0 saturated carbocycles. The van der Waals surface area contributed by atoms with Gasteiger partial charge in [-0.15, -0.1) is 0 Å². The summed E-state index contributed by atoms with van der Waals surface area (Å²) in [7, 11) is -1.92. The van der Waals surface area contributed by atoms with Crippen LogP contribution in [0, 0.1) is 5.82 Å². The lowest BCUT2D eigenvalue weighted by Crippen LogP contribution is -2.44. The maximum atomic E-state index is 13.4. The van der Waals surface area contributed by atoms with Crippen LogP contribution in [0.15, 0.2) is 41.4 Å². The van der Waals surface area contributed by atoms with Crippen molar-refractivity contribution in [3.8, 4) is 0 Å². The lowest BCUT2D eigenvalue weighted by molar-refractivity contribution is 0.0486. The van der Waals surface area contributed by atoms with Gasteiger partial charge in [-0.05, 0) is 49.4 Å². The molecule has 1 amide bonds. The van der Waals surface area contributed by atoms with E-state index in [1.54, 1.807) is 23.7 Å². The third-order valence-corrected chi connectivity index (χ3v) is 8.27. The van der Waals surface area contributed by atoms with Gasteiger partial charge in [0.05, 0.1) is 0 Å². The summed E-state index contributed by atoms with van der Waals surface area (Å²) < 4.78 is 47.6. The number of nitrogens with zero attached hydrogens (tertiary/aromatic N) is 2. The molecule has 2 aliphatic rings. The first kappa shape index (κ1) is 22.0. The van der Waals surface area contributed by atoms with E-state index in [2.05, 4.69) is 5.32 Å². The zero-order valence-electron chi connectivity index (χ0n) is 17.6. The quantitative estimate of drug-likeness (QED) is 0.735. The number of aromatic nitrogens is 1. The smallest absolute Gasteiger partial charge is 0.267 e. The Morgan fingerprint density at radius 2 is 1.81 bits per heavy atom. The Bertz CT molecular complexity index is 1040. The lowest BCUT2D eigenvalue weighted by atomic mass is 9.74. The fourth-order valence-corrected chi connectivity index (χ4v) is 6.04. The van der Waals surface area contributed by atoms with Crippen molar-refractivity contribution in [3.05, 3.63) is 53.6 Å². The van der Waals surface area contributed by atoms with Gasteiger partial charge in [0, 0.05) is 51.5 Å². The minimum atomic E-state index is -3.59. The average molecular weight is 450 g/mol. The Morgan fingerprint density at radius 1 is 1.16 bits per heavy atom. The first-order valence-electron chi connectivity index (χ1n) is 10.6. The molecule has 7 nitrogen and oxygen atoms in total. The lowest BCUT2D eigenvalue weighted by Gasteiger charge is -2.38. The molecule has 0 bridgehead atoms. The molecule has 0 radical (unpaired) electrons. The highest BCUT2D eigenvalue weighted by molar-refractivity contribution is 7.89. The van der Waals surface area contributed by atoms with Crippen LogP contribution in [-0.4, -0.2) is 56.0 Å². The number of rotatable bonds is 6. The number of carbonyl (C=O) groups excluding carboxylic acids is 1. The SMILES string of the molecule is Cn1cc(S(=O)(=O)N2CCCC2)cc1C(=O)NCC1(c2ccc(F)cc2)CCOCC1. The Morgan fingerprint density at radius 3 is 2.45 bits per heavy atom. The van der Waals surface area contributed by atoms with E-state index < -0.39 is 10.0 Å². The number of aryl methyl sites for hydroxylation is 1. The van der Waals surface area contributed by atoms with E-state index in [9.17, 15) is 17.6 Å². The highest BCUT2D eigenvalue weighted by Crippen LogP contribution is 2.34. The number of ether oxygens (including phenoxy) is 1. The fourth-order valence-electron chi connectivity index (χ4n) is 4.45. The van der Waals surface area contributed by atoms with Crippen molar-refractivity contribution in [2.75, 3.05) is 32.8 Å². The summed E-state index contributed by atoms with van der Waals surface area (Å²) in [4.78, 5) is 13.1. The van der Waals surface area contributed by atoms with E-state index in [0.717, 1.165) is 18.4 Å². The molecule has 0 spiro atoms.